The molecule has 214 valence electrons. The molecule has 4 rings (SSSR count). The highest BCUT2D eigenvalue weighted by atomic mass is 19.2. The van der Waals surface area contributed by atoms with E-state index in [9.17, 15) is 8.78 Å². The Morgan fingerprint density at radius 2 is 1.32 bits per heavy atom. The summed E-state index contributed by atoms with van der Waals surface area (Å²) in [5.74, 6) is -0.918. The summed E-state index contributed by atoms with van der Waals surface area (Å²) in [6.07, 6.45) is 17.3. The number of halogens is 2. The molecule has 3 heteroatoms. The molecule has 0 heterocycles. The van der Waals surface area contributed by atoms with E-state index in [1.54, 1.807) is 12.1 Å². The Balaban J connectivity index is 1.20. The van der Waals surface area contributed by atoms with Crippen LogP contribution >= 0.6 is 0 Å². The van der Waals surface area contributed by atoms with E-state index in [4.69, 9.17) is 4.74 Å². The van der Waals surface area contributed by atoms with Gasteiger partial charge in [0.1, 0.15) is 0 Å². The average Bonchev–Trinajstić information content (AvgIpc) is 2.99. The van der Waals surface area contributed by atoms with Gasteiger partial charge in [-0.3, -0.25) is 0 Å². The molecule has 1 aliphatic rings. The molecule has 3 aromatic rings. The monoisotopic (exact) mass is 544 g/mol. The van der Waals surface area contributed by atoms with Gasteiger partial charge in [0.25, 0.3) is 0 Å². The largest absolute Gasteiger partial charge is 0.490 e. The predicted molar refractivity (Wildman–Crippen MR) is 164 cm³/mol. The number of ether oxygens (including phenoxy) is 1. The number of benzene rings is 3. The number of allylic oxidation sites excluding steroid dienone is 2. The van der Waals surface area contributed by atoms with Crippen molar-refractivity contribution in [3.05, 3.63) is 101 Å². The SMILES string of the molecule is CCCCCc1ccc(-c2ccc(CCC=CC3CCC(c4ccc(OCCCC)c(F)c4F)CC3)cc2)cc1. The highest BCUT2D eigenvalue weighted by Gasteiger charge is 2.25. The molecule has 1 aliphatic carbocycles. The number of rotatable bonds is 14. The van der Waals surface area contributed by atoms with Crippen molar-refractivity contribution in [3.8, 4) is 16.9 Å². The maximum absolute atomic E-state index is 14.8. The summed E-state index contributed by atoms with van der Waals surface area (Å²) < 4.78 is 34.7. The van der Waals surface area contributed by atoms with E-state index in [1.807, 2.05) is 6.92 Å². The van der Waals surface area contributed by atoms with Crippen LogP contribution in [0.2, 0.25) is 0 Å². The first-order valence-electron chi connectivity index (χ1n) is 15.5. The Hall–Kier alpha value is -2.94. The topological polar surface area (TPSA) is 9.23 Å². The van der Waals surface area contributed by atoms with E-state index in [0.29, 0.717) is 18.1 Å². The van der Waals surface area contributed by atoms with Gasteiger partial charge in [-0.15, -0.1) is 0 Å². The molecule has 1 saturated carbocycles. The number of unbranched alkanes of at least 4 members (excludes halogenated alkanes) is 3. The smallest absolute Gasteiger partial charge is 0.200 e. The summed E-state index contributed by atoms with van der Waals surface area (Å²) in [4.78, 5) is 0. The molecule has 1 fully saturated rings. The van der Waals surface area contributed by atoms with Crippen LogP contribution in [0, 0.1) is 17.6 Å². The van der Waals surface area contributed by atoms with Crippen LogP contribution in [0.4, 0.5) is 8.78 Å². The fourth-order valence-electron chi connectivity index (χ4n) is 5.77. The highest BCUT2D eigenvalue weighted by Crippen LogP contribution is 2.39. The molecule has 0 saturated heterocycles. The Morgan fingerprint density at radius 1 is 0.700 bits per heavy atom. The third-order valence-electron chi connectivity index (χ3n) is 8.36. The minimum Gasteiger partial charge on any atom is -0.490 e. The van der Waals surface area contributed by atoms with Gasteiger partial charge in [0.2, 0.25) is 5.82 Å². The lowest BCUT2D eigenvalue weighted by Crippen LogP contribution is -2.14. The molecule has 1 nitrogen and oxygen atoms in total. The van der Waals surface area contributed by atoms with E-state index in [0.717, 1.165) is 51.4 Å². The zero-order valence-electron chi connectivity index (χ0n) is 24.4. The van der Waals surface area contributed by atoms with Crippen molar-refractivity contribution in [2.24, 2.45) is 5.92 Å². The van der Waals surface area contributed by atoms with E-state index >= 15 is 0 Å². The minimum absolute atomic E-state index is 0.0350. The standard InChI is InChI=1S/C37H46F2O/c1-3-5-7-10-28-13-19-31(20-14-28)32-21-15-29(16-22-32)11-8-9-12-30-17-23-33(24-18-30)34-25-26-35(37(39)36(34)38)40-27-6-4-2/h9,12-16,19-22,25-26,30,33H,3-8,10-11,17-18,23-24,27H2,1-2H3. The normalized spacial score (nSPS) is 17.4. The zero-order valence-corrected chi connectivity index (χ0v) is 24.4. The van der Waals surface area contributed by atoms with E-state index < -0.39 is 11.6 Å². The Labute approximate surface area is 240 Å². The first-order valence-corrected chi connectivity index (χ1v) is 15.5. The maximum atomic E-state index is 14.8. The fraction of sp³-hybridized carbons (Fsp3) is 0.459. The molecule has 0 unspecified atom stereocenters. The molecule has 0 amide bonds. The third-order valence-corrected chi connectivity index (χ3v) is 8.36. The lowest BCUT2D eigenvalue weighted by Gasteiger charge is -2.27. The summed E-state index contributed by atoms with van der Waals surface area (Å²) in [5, 5.41) is 0. The quantitative estimate of drug-likeness (QED) is 0.145. The van der Waals surface area contributed by atoms with Gasteiger partial charge in [-0.2, -0.15) is 4.39 Å². The van der Waals surface area contributed by atoms with E-state index in [2.05, 4.69) is 67.6 Å². The number of aryl methyl sites for hydroxylation is 2. The van der Waals surface area contributed by atoms with Gasteiger partial charge in [0.15, 0.2) is 11.6 Å². The van der Waals surface area contributed by atoms with Crippen molar-refractivity contribution >= 4 is 0 Å². The van der Waals surface area contributed by atoms with Gasteiger partial charge < -0.3 is 4.74 Å². The highest BCUT2D eigenvalue weighted by molar-refractivity contribution is 5.64. The first-order chi connectivity index (χ1) is 19.6. The van der Waals surface area contributed by atoms with Gasteiger partial charge in [-0.1, -0.05) is 99.9 Å². The molecule has 3 aromatic carbocycles. The van der Waals surface area contributed by atoms with Crippen LogP contribution in [0.15, 0.2) is 72.8 Å². The van der Waals surface area contributed by atoms with Gasteiger partial charge in [-0.25, -0.2) is 4.39 Å². The third kappa shape index (κ3) is 8.53. The Kier molecular flexibility index (Phi) is 11.8. The molecule has 0 bridgehead atoms. The average molecular weight is 545 g/mol. The van der Waals surface area contributed by atoms with Crippen molar-refractivity contribution in [2.75, 3.05) is 6.61 Å². The number of hydrogen-bond acceptors (Lipinski definition) is 1. The van der Waals surface area contributed by atoms with Crippen LogP contribution in [-0.4, -0.2) is 6.61 Å². The summed E-state index contributed by atoms with van der Waals surface area (Å²) in [5.41, 5.74) is 5.84. The molecule has 0 aliphatic heterocycles. The maximum Gasteiger partial charge on any atom is 0.200 e. The van der Waals surface area contributed by atoms with Crippen LogP contribution in [0.25, 0.3) is 11.1 Å². The van der Waals surface area contributed by atoms with Crippen LogP contribution in [0.3, 0.4) is 0 Å². The van der Waals surface area contributed by atoms with Crippen LogP contribution in [0.5, 0.6) is 5.75 Å². The lowest BCUT2D eigenvalue weighted by atomic mass is 9.78. The van der Waals surface area contributed by atoms with Crippen molar-refractivity contribution < 1.29 is 13.5 Å². The van der Waals surface area contributed by atoms with Gasteiger partial charge in [0.05, 0.1) is 6.61 Å². The molecule has 40 heavy (non-hydrogen) atoms. The second-order valence-corrected chi connectivity index (χ2v) is 11.4. The van der Waals surface area contributed by atoms with E-state index in [-0.39, 0.29) is 11.7 Å². The van der Waals surface area contributed by atoms with Crippen molar-refractivity contribution in [1.82, 2.24) is 0 Å². The molecule has 0 N–H and O–H groups in total. The second-order valence-electron chi connectivity index (χ2n) is 11.4. The molecule has 0 spiro atoms. The molecule has 0 atom stereocenters. The summed E-state index contributed by atoms with van der Waals surface area (Å²) in [7, 11) is 0. The lowest BCUT2D eigenvalue weighted by molar-refractivity contribution is 0.286. The summed E-state index contributed by atoms with van der Waals surface area (Å²) >= 11 is 0. The van der Waals surface area contributed by atoms with Crippen LogP contribution in [-0.2, 0) is 12.8 Å². The van der Waals surface area contributed by atoms with Crippen molar-refractivity contribution in [3.63, 3.8) is 0 Å². The first kappa shape index (κ1) is 30.0. The summed E-state index contributed by atoms with van der Waals surface area (Å²) in [6, 6.07) is 21.3. The Morgan fingerprint density at radius 3 is 1.95 bits per heavy atom. The predicted octanol–water partition coefficient (Wildman–Crippen LogP) is 11.0. The van der Waals surface area contributed by atoms with Crippen LogP contribution < -0.4 is 4.74 Å². The van der Waals surface area contributed by atoms with Gasteiger partial charge >= 0.3 is 0 Å². The molecular formula is C37H46F2O. The van der Waals surface area contributed by atoms with Crippen molar-refractivity contribution in [2.45, 2.75) is 96.8 Å². The van der Waals surface area contributed by atoms with Gasteiger partial charge in [0, 0.05) is 0 Å². The van der Waals surface area contributed by atoms with Crippen molar-refractivity contribution in [1.29, 1.82) is 0 Å². The second kappa shape index (κ2) is 15.7. The number of hydrogen-bond donors (Lipinski definition) is 0. The van der Waals surface area contributed by atoms with E-state index in [1.165, 1.54) is 47.9 Å². The van der Waals surface area contributed by atoms with Gasteiger partial charge in [-0.05, 0) is 104 Å². The molecular weight excluding hydrogens is 498 g/mol. The summed E-state index contributed by atoms with van der Waals surface area (Å²) in [6.45, 7) is 4.71. The molecule has 0 aromatic heterocycles. The zero-order chi connectivity index (χ0) is 28.2. The van der Waals surface area contributed by atoms with Crippen LogP contribution in [0.1, 0.15) is 101 Å². The molecule has 0 radical (unpaired) electrons. The fourth-order valence-corrected chi connectivity index (χ4v) is 5.77. The minimum atomic E-state index is -0.834. The Bertz CT molecular complexity index is 1190.